The molecule has 1 amide bonds. The maximum atomic E-state index is 15.0. The van der Waals surface area contributed by atoms with Crippen LogP contribution in [0.15, 0.2) is 66.2 Å². The van der Waals surface area contributed by atoms with Crippen molar-refractivity contribution in [3.8, 4) is 11.5 Å². The molecular formula is C31H32F2N2O5. The fraction of sp³-hybridized carbons (Fsp3) is 0.290. The minimum absolute atomic E-state index is 0.160. The summed E-state index contributed by atoms with van der Waals surface area (Å²) in [5.41, 5.74) is 0.829. The van der Waals surface area contributed by atoms with Crippen molar-refractivity contribution in [1.29, 1.82) is 0 Å². The Morgan fingerprint density at radius 3 is 2.20 bits per heavy atom. The van der Waals surface area contributed by atoms with Crippen molar-refractivity contribution in [1.82, 2.24) is 0 Å². The van der Waals surface area contributed by atoms with E-state index in [1.807, 2.05) is 32.9 Å². The number of aliphatic hydroxyl groups excluding tert-OH is 1. The van der Waals surface area contributed by atoms with Gasteiger partial charge in [0.25, 0.3) is 11.7 Å². The first-order valence-corrected chi connectivity index (χ1v) is 13.3. The molecule has 0 aliphatic carbocycles. The lowest BCUT2D eigenvalue weighted by Crippen LogP contribution is -2.30. The van der Waals surface area contributed by atoms with Crippen LogP contribution in [0.25, 0.3) is 5.76 Å². The van der Waals surface area contributed by atoms with Crippen LogP contribution in [0.5, 0.6) is 11.5 Å². The van der Waals surface area contributed by atoms with Crippen LogP contribution in [-0.2, 0) is 9.59 Å². The quantitative estimate of drug-likeness (QED) is 0.183. The SMILES string of the molecule is CCOc1ccc(/C(O)=C2/C(=O)C(=O)N(c3cc(F)ccc3F)C2c2ccc(N(CC)CC)cc2)c(OCC)c1. The maximum absolute atomic E-state index is 15.0. The fourth-order valence-electron chi connectivity index (χ4n) is 4.90. The van der Waals surface area contributed by atoms with E-state index in [-0.39, 0.29) is 23.5 Å². The number of carbonyl (C=O) groups is 2. The Hall–Kier alpha value is -4.40. The van der Waals surface area contributed by atoms with E-state index in [9.17, 15) is 19.1 Å². The second-order valence-corrected chi connectivity index (χ2v) is 9.05. The van der Waals surface area contributed by atoms with Crippen LogP contribution in [0.1, 0.15) is 44.9 Å². The Bertz CT molecular complexity index is 1430. The zero-order chi connectivity index (χ0) is 29.0. The number of amides is 1. The van der Waals surface area contributed by atoms with Crippen LogP contribution in [0.4, 0.5) is 20.2 Å². The van der Waals surface area contributed by atoms with Crippen molar-refractivity contribution in [2.75, 3.05) is 36.1 Å². The van der Waals surface area contributed by atoms with E-state index in [0.717, 1.165) is 41.9 Å². The topological polar surface area (TPSA) is 79.3 Å². The molecule has 40 heavy (non-hydrogen) atoms. The third-order valence-electron chi connectivity index (χ3n) is 6.77. The number of Topliss-reactive ketones (excluding diaryl/α,β-unsaturated/α-hetero) is 1. The Balaban J connectivity index is 1.95. The highest BCUT2D eigenvalue weighted by Crippen LogP contribution is 2.44. The number of hydrogen-bond donors (Lipinski definition) is 1. The standard InChI is InChI=1S/C31H32F2N2O5/c1-5-34(6-2)21-12-9-19(10-13-21)28-27(29(36)23-15-14-22(39-7-3)18-26(23)40-8-4)30(37)31(38)35(28)25-17-20(32)11-16-24(25)33/h9-18,28,36H,5-8H2,1-4H3/b29-27-. The van der Waals surface area contributed by atoms with Gasteiger partial charge in [-0.1, -0.05) is 12.1 Å². The monoisotopic (exact) mass is 550 g/mol. The molecule has 210 valence electrons. The van der Waals surface area contributed by atoms with Crippen LogP contribution in [-0.4, -0.2) is 43.1 Å². The van der Waals surface area contributed by atoms with Gasteiger partial charge in [-0.15, -0.1) is 0 Å². The van der Waals surface area contributed by atoms with Crippen molar-refractivity contribution < 1.29 is 33.0 Å². The van der Waals surface area contributed by atoms with Crippen molar-refractivity contribution in [2.24, 2.45) is 0 Å². The molecule has 7 nitrogen and oxygen atoms in total. The number of benzene rings is 3. The van der Waals surface area contributed by atoms with E-state index in [1.54, 1.807) is 31.2 Å². The second kappa shape index (κ2) is 12.2. The van der Waals surface area contributed by atoms with E-state index < -0.39 is 40.8 Å². The van der Waals surface area contributed by atoms with Crippen LogP contribution in [0, 0.1) is 11.6 Å². The minimum atomic E-state index is -1.23. The van der Waals surface area contributed by atoms with Gasteiger partial charge in [-0.25, -0.2) is 8.78 Å². The molecule has 0 aromatic heterocycles. The Kier molecular flexibility index (Phi) is 8.72. The predicted molar refractivity (Wildman–Crippen MR) is 150 cm³/mol. The number of ether oxygens (including phenoxy) is 2. The summed E-state index contributed by atoms with van der Waals surface area (Å²) in [6, 6.07) is 13.2. The van der Waals surface area contributed by atoms with E-state index >= 15 is 4.39 Å². The lowest BCUT2D eigenvalue weighted by atomic mass is 9.94. The van der Waals surface area contributed by atoms with Crippen molar-refractivity contribution in [3.63, 3.8) is 0 Å². The van der Waals surface area contributed by atoms with Gasteiger partial charge in [-0.05, 0) is 69.7 Å². The van der Waals surface area contributed by atoms with Gasteiger partial charge in [0.2, 0.25) is 0 Å². The zero-order valence-electron chi connectivity index (χ0n) is 22.9. The normalized spacial score (nSPS) is 16.4. The minimum Gasteiger partial charge on any atom is -0.507 e. The third-order valence-corrected chi connectivity index (χ3v) is 6.77. The van der Waals surface area contributed by atoms with Gasteiger partial charge in [0.15, 0.2) is 0 Å². The van der Waals surface area contributed by atoms with Crippen LogP contribution in [0.2, 0.25) is 0 Å². The molecule has 4 rings (SSSR count). The molecule has 1 fully saturated rings. The molecule has 1 aliphatic heterocycles. The number of nitrogens with zero attached hydrogens (tertiary/aromatic N) is 2. The number of halogens is 2. The lowest BCUT2D eigenvalue weighted by molar-refractivity contribution is -0.132. The van der Waals surface area contributed by atoms with Gasteiger partial charge in [0, 0.05) is 30.9 Å². The first-order chi connectivity index (χ1) is 19.2. The fourth-order valence-corrected chi connectivity index (χ4v) is 4.90. The molecule has 1 aliphatic rings. The average Bonchev–Trinajstić information content (AvgIpc) is 3.21. The molecule has 0 saturated carbocycles. The van der Waals surface area contributed by atoms with Gasteiger partial charge in [-0.3, -0.25) is 14.5 Å². The first kappa shape index (κ1) is 28.6. The summed E-state index contributed by atoms with van der Waals surface area (Å²) >= 11 is 0. The zero-order valence-corrected chi connectivity index (χ0v) is 22.9. The molecule has 1 atom stereocenters. The first-order valence-electron chi connectivity index (χ1n) is 13.3. The molecule has 0 spiro atoms. The molecule has 0 bridgehead atoms. The summed E-state index contributed by atoms with van der Waals surface area (Å²) in [5, 5.41) is 11.6. The molecule has 1 saturated heterocycles. The van der Waals surface area contributed by atoms with Gasteiger partial charge < -0.3 is 19.5 Å². The largest absolute Gasteiger partial charge is 0.507 e. The van der Waals surface area contributed by atoms with Crippen LogP contribution >= 0.6 is 0 Å². The maximum Gasteiger partial charge on any atom is 0.300 e. The van der Waals surface area contributed by atoms with E-state index in [0.29, 0.717) is 17.9 Å². The Labute approximate surface area is 232 Å². The Morgan fingerprint density at radius 2 is 1.57 bits per heavy atom. The van der Waals surface area contributed by atoms with Crippen LogP contribution < -0.4 is 19.3 Å². The highest BCUT2D eigenvalue weighted by atomic mass is 19.1. The summed E-state index contributed by atoms with van der Waals surface area (Å²) in [6.07, 6.45) is 0. The molecule has 3 aromatic carbocycles. The molecule has 1 unspecified atom stereocenters. The summed E-state index contributed by atoms with van der Waals surface area (Å²) in [5.74, 6) is -3.55. The third kappa shape index (κ3) is 5.36. The summed E-state index contributed by atoms with van der Waals surface area (Å²) < 4.78 is 40.5. The summed E-state index contributed by atoms with van der Waals surface area (Å²) in [7, 11) is 0. The summed E-state index contributed by atoms with van der Waals surface area (Å²) in [4.78, 5) is 29.9. The smallest absolute Gasteiger partial charge is 0.300 e. The van der Waals surface area contributed by atoms with E-state index in [2.05, 4.69) is 4.90 Å². The molecule has 9 heteroatoms. The van der Waals surface area contributed by atoms with Gasteiger partial charge >= 0.3 is 0 Å². The number of carbonyl (C=O) groups excluding carboxylic acids is 2. The summed E-state index contributed by atoms with van der Waals surface area (Å²) in [6.45, 7) is 9.83. The molecular weight excluding hydrogens is 518 g/mol. The molecule has 0 radical (unpaired) electrons. The number of hydrogen-bond acceptors (Lipinski definition) is 6. The van der Waals surface area contributed by atoms with Gasteiger partial charge in [0.1, 0.15) is 28.9 Å². The van der Waals surface area contributed by atoms with Gasteiger partial charge in [-0.2, -0.15) is 0 Å². The molecule has 1 heterocycles. The van der Waals surface area contributed by atoms with E-state index in [1.165, 1.54) is 6.07 Å². The number of rotatable bonds is 10. The number of anilines is 2. The highest BCUT2D eigenvalue weighted by Gasteiger charge is 2.48. The second-order valence-electron chi connectivity index (χ2n) is 9.05. The molecule has 1 N–H and O–H groups in total. The number of ketones is 1. The number of aliphatic hydroxyl groups is 1. The van der Waals surface area contributed by atoms with Crippen LogP contribution in [0.3, 0.4) is 0 Å². The average molecular weight is 551 g/mol. The van der Waals surface area contributed by atoms with Gasteiger partial charge in [0.05, 0.1) is 36.1 Å². The predicted octanol–water partition coefficient (Wildman–Crippen LogP) is 6.23. The van der Waals surface area contributed by atoms with Crippen molar-refractivity contribution in [3.05, 3.63) is 89.0 Å². The van der Waals surface area contributed by atoms with Crippen molar-refractivity contribution in [2.45, 2.75) is 33.7 Å². The lowest BCUT2D eigenvalue weighted by Gasteiger charge is -2.27. The van der Waals surface area contributed by atoms with Crippen molar-refractivity contribution >= 4 is 28.8 Å². The molecule has 3 aromatic rings. The van der Waals surface area contributed by atoms with E-state index in [4.69, 9.17) is 9.47 Å². The Morgan fingerprint density at radius 1 is 0.900 bits per heavy atom. The highest BCUT2D eigenvalue weighted by molar-refractivity contribution is 6.51.